The van der Waals surface area contributed by atoms with Crippen LogP contribution in [-0.2, 0) is 0 Å². The molecular weight excluding hydrogens is 256 g/mol. The Morgan fingerprint density at radius 1 is 1.29 bits per heavy atom. The Morgan fingerprint density at radius 3 is 2.95 bits per heavy atom. The molecule has 5 atom stereocenters. The maximum absolute atomic E-state index is 9.95. The molecule has 0 aliphatic heterocycles. The third kappa shape index (κ3) is 1.93. The van der Waals surface area contributed by atoms with Crippen molar-refractivity contribution in [2.75, 3.05) is 0 Å². The minimum atomic E-state index is -0.0605. The Labute approximate surface area is 128 Å². The van der Waals surface area contributed by atoms with Crippen molar-refractivity contribution in [1.29, 1.82) is 0 Å². The smallest absolute Gasteiger partial charge is 0.0580 e. The Bertz CT molecular complexity index is 526. The lowest BCUT2D eigenvalue weighted by molar-refractivity contribution is 0.0513. The number of hydrogen-bond acceptors (Lipinski definition) is 1. The second-order valence-corrected chi connectivity index (χ2v) is 8.00. The fourth-order valence-corrected chi connectivity index (χ4v) is 6.11. The van der Waals surface area contributed by atoms with Gasteiger partial charge in [0.2, 0.25) is 0 Å². The van der Waals surface area contributed by atoms with Gasteiger partial charge in [0.1, 0.15) is 0 Å². The molecule has 4 rings (SSSR count). The number of rotatable bonds is 1. The summed E-state index contributed by atoms with van der Waals surface area (Å²) in [6.45, 7) is 6.54. The molecule has 1 nitrogen and oxygen atoms in total. The molecule has 114 valence electrons. The van der Waals surface area contributed by atoms with Gasteiger partial charge in [-0.25, -0.2) is 0 Å². The van der Waals surface area contributed by atoms with Crippen LogP contribution in [-0.4, -0.2) is 11.2 Å². The van der Waals surface area contributed by atoms with Crippen molar-refractivity contribution < 1.29 is 5.11 Å². The van der Waals surface area contributed by atoms with E-state index in [1.807, 2.05) is 0 Å². The van der Waals surface area contributed by atoms with E-state index in [4.69, 9.17) is 0 Å². The van der Waals surface area contributed by atoms with Crippen LogP contribution in [0.15, 0.2) is 35.5 Å². The minimum absolute atomic E-state index is 0.0605. The van der Waals surface area contributed by atoms with E-state index in [9.17, 15) is 5.11 Å². The first-order valence-corrected chi connectivity index (χ1v) is 8.85. The lowest BCUT2D eigenvalue weighted by Crippen LogP contribution is -2.43. The summed E-state index contributed by atoms with van der Waals surface area (Å²) in [6.07, 6.45) is 14.2. The first-order chi connectivity index (χ1) is 10.1. The first-order valence-electron chi connectivity index (χ1n) is 8.85. The molecule has 4 aliphatic carbocycles. The zero-order valence-electron chi connectivity index (χ0n) is 13.3. The predicted octanol–water partition coefficient (Wildman–Crippen LogP) is 4.79. The Balaban J connectivity index is 1.64. The fourth-order valence-electron chi connectivity index (χ4n) is 6.11. The van der Waals surface area contributed by atoms with Gasteiger partial charge >= 0.3 is 0 Å². The van der Waals surface area contributed by atoms with Gasteiger partial charge in [0.05, 0.1) is 6.10 Å². The quantitative estimate of drug-likeness (QED) is 0.687. The van der Waals surface area contributed by atoms with Gasteiger partial charge in [-0.2, -0.15) is 0 Å². The summed E-state index contributed by atoms with van der Waals surface area (Å²) in [7, 11) is 0. The molecule has 1 fully saturated rings. The van der Waals surface area contributed by atoms with Crippen molar-refractivity contribution in [3.8, 4) is 0 Å². The third-order valence-corrected chi connectivity index (χ3v) is 7.21. The zero-order valence-corrected chi connectivity index (χ0v) is 13.3. The van der Waals surface area contributed by atoms with Crippen LogP contribution < -0.4 is 0 Å². The van der Waals surface area contributed by atoms with Gasteiger partial charge in [-0.1, -0.05) is 36.8 Å². The maximum atomic E-state index is 9.95. The van der Waals surface area contributed by atoms with Crippen molar-refractivity contribution in [1.82, 2.24) is 0 Å². The molecule has 1 heteroatoms. The van der Waals surface area contributed by atoms with E-state index >= 15 is 0 Å². The Kier molecular flexibility index (Phi) is 3.19. The lowest BCUT2D eigenvalue weighted by atomic mass is 9.53. The molecule has 0 amide bonds. The fraction of sp³-hybridized carbons (Fsp3) is 0.700. The average Bonchev–Trinajstić information content (AvgIpc) is 2.83. The van der Waals surface area contributed by atoms with Crippen LogP contribution in [0.3, 0.4) is 0 Å². The summed E-state index contributed by atoms with van der Waals surface area (Å²) in [4.78, 5) is 0. The lowest BCUT2D eigenvalue weighted by Gasteiger charge is -2.51. The van der Waals surface area contributed by atoms with Gasteiger partial charge in [-0.05, 0) is 80.1 Å². The van der Waals surface area contributed by atoms with Crippen molar-refractivity contribution in [2.45, 2.75) is 64.4 Å². The van der Waals surface area contributed by atoms with E-state index in [1.54, 1.807) is 11.1 Å². The third-order valence-electron chi connectivity index (χ3n) is 7.21. The van der Waals surface area contributed by atoms with E-state index < -0.39 is 0 Å². The normalized spacial score (nSPS) is 45.5. The highest BCUT2D eigenvalue weighted by Gasteiger charge is 2.51. The molecule has 0 spiro atoms. The van der Waals surface area contributed by atoms with Gasteiger partial charge in [-0.3, -0.25) is 0 Å². The number of fused-ring (bicyclic) bond motifs is 4. The van der Waals surface area contributed by atoms with Crippen molar-refractivity contribution in [2.24, 2.45) is 23.2 Å². The molecule has 0 radical (unpaired) electrons. The molecule has 0 heterocycles. The van der Waals surface area contributed by atoms with E-state index in [0.717, 1.165) is 30.6 Å². The number of allylic oxidation sites excluding steroid dienone is 4. The summed E-state index contributed by atoms with van der Waals surface area (Å²) >= 11 is 0. The summed E-state index contributed by atoms with van der Waals surface area (Å²) in [6, 6.07) is 0. The number of aliphatic hydroxyl groups excluding tert-OH is 1. The van der Waals surface area contributed by atoms with Crippen LogP contribution in [0, 0.1) is 23.2 Å². The van der Waals surface area contributed by atoms with E-state index in [2.05, 4.69) is 25.7 Å². The summed E-state index contributed by atoms with van der Waals surface area (Å²) in [5.41, 5.74) is 5.32. The SMILES string of the molecule is C=CC1=CC[C@H]2[C@@H]3CCC4=C(CCC(O)C4)[C@H]3CC[C@]12C. The van der Waals surface area contributed by atoms with Crippen LogP contribution in [0.2, 0.25) is 0 Å². The first kappa shape index (κ1) is 13.8. The van der Waals surface area contributed by atoms with Gasteiger partial charge in [0, 0.05) is 0 Å². The van der Waals surface area contributed by atoms with E-state index in [-0.39, 0.29) is 6.10 Å². The van der Waals surface area contributed by atoms with E-state index in [0.29, 0.717) is 5.41 Å². The standard InChI is InChI=1S/C20H28O/c1-3-14-5-9-19-18-7-4-13-12-15(21)6-8-16(13)17(18)10-11-20(14,19)2/h3,5,15,17-19,21H,1,4,6-12H2,2H3/t15?,17-,18-,19+,20-/m1/s1. The van der Waals surface area contributed by atoms with Crippen LogP contribution in [0.1, 0.15) is 58.3 Å². The monoisotopic (exact) mass is 284 g/mol. The highest BCUT2D eigenvalue weighted by molar-refractivity contribution is 5.35. The molecule has 21 heavy (non-hydrogen) atoms. The Hall–Kier alpha value is -0.820. The maximum Gasteiger partial charge on any atom is 0.0580 e. The minimum Gasteiger partial charge on any atom is -0.393 e. The molecule has 0 aromatic rings. The topological polar surface area (TPSA) is 20.2 Å². The average molecular weight is 284 g/mol. The van der Waals surface area contributed by atoms with E-state index in [1.165, 1.54) is 44.1 Å². The summed E-state index contributed by atoms with van der Waals surface area (Å²) in [5.74, 6) is 2.55. The van der Waals surface area contributed by atoms with Crippen molar-refractivity contribution >= 4 is 0 Å². The van der Waals surface area contributed by atoms with Crippen LogP contribution in [0.5, 0.6) is 0 Å². The second-order valence-electron chi connectivity index (χ2n) is 8.00. The van der Waals surface area contributed by atoms with Crippen molar-refractivity contribution in [3.63, 3.8) is 0 Å². The molecule has 1 unspecified atom stereocenters. The summed E-state index contributed by atoms with van der Waals surface area (Å²) < 4.78 is 0. The molecule has 0 bridgehead atoms. The highest BCUT2D eigenvalue weighted by atomic mass is 16.3. The van der Waals surface area contributed by atoms with Gasteiger partial charge in [0.15, 0.2) is 0 Å². The largest absolute Gasteiger partial charge is 0.393 e. The van der Waals surface area contributed by atoms with Crippen LogP contribution in [0.4, 0.5) is 0 Å². The molecule has 0 saturated heterocycles. The predicted molar refractivity (Wildman–Crippen MR) is 86.8 cm³/mol. The van der Waals surface area contributed by atoms with Crippen LogP contribution >= 0.6 is 0 Å². The molecule has 0 aromatic carbocycles. The van der Waals surface area contributed by atoms with Gasteiger partial charge in [-0.15, -0.1) is 0 Å². The molecule has 4 aliphatic rings. The molecule has 0 aromatic heterocycles. The molecular formula is C20H28O. The number of hydrogen-bond donors (Lipinski definition) is 1. The van der Waals surface area contributed by atoms with Crippen molar-refractivity contribution in [3.05, 3.63) is 35.5 Å². The molecule has 1 saturated carbocycles. The molecule has 1 N–H and O–H groups in total. The summed E-state index contributed by atoms with van der Waals surface area (Å²) in [5, 5.41) is 9.95. The Morgan fingerprint density at radius 2 is 2.14 bits per heavy atom. The van der Waals surface area contributed by atoms with Gasteiger partial charge < -0.3 is 5.11 Å². The zero-order chi connectivity index (χ0) is 14.6. The number of aliphatic hydroxyl groups is 1. The van der Waals surface area contributed by atoms with Crippen LogP contribution in [0.25, 0.3) is 0 Å². The second kappa shape index (κ2) is 4.84. The highest BCUT2D eigenvalue weighted by Crippen LogP contribution is 2.61. The van der Waals surface area contributed by atoms with Gasteiger partial charge in [0.25, 0.3) is 0 Å².